The fourth-order valence-electron chi connectivity index (χ4n) is 1.16. The van der Waals surface area contributed by atoms with Crippen molar-refractivity contribution in [1.82, 2.24) is 5.32 Å². The summed E-state index contributed by atoms with van der Waals surface area (Å²) in [6, 6.07) is 3.76. The number of non-ortho nitro benzene ring substituents is 1. The molecule has 0 aliphatic heterocycles. The number of nitro groups is 1. The summed E-state index contributed by atoms with van der Waals surface area (Å²) >= 11 is 5.69. The monoisotopic (exact) mass is 242 g/mol. The number of hydrogen-bond donors (Lipinski definition) is 1. The highest BCUT2D eigenvalue weighted by Crippen LogP contribution is 2.20. The molecule has 0 atom stereocenters. The minimum absolute atomic E-state index is 0.0365. The molecule has 5 nitrogen and oxygen atoms in total. The van der Waals surface area contributed by atoms with Crippen LogP contribution in [0.4, 0.5) is 5.69 Å². The number of hydrogen-bond acceptors (Lipinski definition) is 3. The lowest BCUT2D eigenvalue weighted by molar-refractivity contribution is -0.384. The second-order valence-electron chi connectivity index (χ2n) is 3.58. The number of nitro benzene ring substituents is 1. The van der Waals surface area contributed by atoms with E-state index in [1.807, 2.05) is 0 Å². The molecule has 1 rings (SSSR count). The molecule has 0 unspecified atom stereocenters. The molecule has 1 N–H and O–H groups in total. The lowest BCUT2D eigenvalue weighted by atomic mass is 10.2. The number of carbonyl (C=O) groups is 1. The van der Waals surface area contributed by atoms with Crippen LogP contribution >= 0.6 is 11.6 Å². The van der Waals surface area contributed by atoms with Gasteiger partial charge in [0.25, 0.3) is 11.6 Å². The van der Waals surface area contributed by atoms with Crippen LogP contribution < -0.4 is 5.32 Å². The molecular formula is C10H11ClN2O3. The van der Waals surface area contributed by atoms with E-state index in [4.69, 9.17) is 11.6 Å². The zero-order valence-electron chi connectivity index (χ0n) is 8.86. The van der Waals surface area contributed by atoms with Crippen LogP contribution in [0.3, 0.4) is 0 Å². The van der Waals surface area contributed by atoms with E-state index in [1.54, 1.807) is 13.8 Å². The highest BCUT2D eigenvalue weighted by atomic mass is 35.5. The normalized spacial score (nSPS) is 10.2. The number of amides is 1. The number of rotatable bonds is 3. The van der Waals surface area contributed by atoms with Crippen LogP contribution in [0.2, 0.25) is 5.02 Å². The van der Waals surface area contributed by atoms with Gasteiger partial charge in [0.05, 0.1) is 4.92 Å². The third kappa shape index (κ3) is 3.20. The van der Waals surface area contributed by atoms with Gasteiger partial charge in [0.15, 0.2) is 0 Å². The Morgan fingerprint density at radius 2 is 2.06 bits per heavy atom. The number of nitrogens with zero attached hydrogens (tertiary/aromatic N) is 1. The largest absolute Gasteiger partial charge is 0.350 e. The summed E-state index contributed by atoms with van der Waals surface area (Å²) < 4.78 is 0. The van der Waals surface area contributed by atoms with E-state index in [-0.39, 0.29) is 28.2 Å². The molecule has 0 radical (unpaired) electrons. The van der Waals surface area contributed by atoms with Gasteiger partial charge < -0.3 is 5.32 Å². The highest BCUT2D eigenvalue weighted by Gasteiger charge is 2.14. The van der Waals surface area contributed by atoms with Gasteiger partial charge in [-0.15, -0.1) is 0 Å². The van der Waals surface area contributed by atoms with Gasteiger partial charge in [-0.05, 0) is 19.9 Å². The Balaban J connectivity index is 3.05. The third-order valence-electron chi connectivity index (χ3n) is 1.78. The molecule has 0 fully saturated rings. The molecule has 1 amide bonds. The first kappa shape index (κ1) is 12.4. The Labute approximate surface area is 97.6 Å². The molecule has 6 heteroatoms. The van der Waals surface area contributed by atoms with Crippen LogP contribution in [0.15, 0.2) is 18.2 Å². The van der Waals surface area contributed by atoms with Crippen LogP contribution in [0, 0.1) is 10.1 Å². The number of nitrogens with one attached hydrogen (secondary N) is 1. The molecule has 16 heavy (non-hydrogen) atoms. The number of halogens is 1. The first-order valence-corrected chi connectivity index (χ1v) is 5.04. The first-order chi connectivity index (χ1) is 7.40. The van der Waals surface area contributed by atoms with E-state index in [0.29, 0.717) is 0 Å². The van der Waals surface area contributed by atoms with Gasteiger partial charge in [-0.2, -0.15) is 0 Å². The lowest BCUT2D eigenvalue weighted by Crippen LogP contribution is -2.30. The van der Waals surface area contributed by atoms with Gasteiger partial charge in [-0.1, -0.05) is 11.6 Å². The lowest BCUT2D eigenvalue weighted by Gasteiger charge is -2.08. The maximum absolute atomic E-state index is 11.6. The summed E-state index contributed by atoms with van der Waals surface area (Å²) in [7, 11) is 0. The van der Waals surface area contributed by atoms with Crippen molar-refractivity contribution in [3.8, 4) is 0 Å². The van der Waals surface area contributed by atoms with E-state index in [2.05, 4.69) is 5.32 Å². The SMILES string of the molecule is CC(C)NC(=O)c1cc(Cl)cc([N+](=O)[O-])c1. The Bertz CT molecular complexity index is 432. The van der Waals surface area contributed by atoms with Gasteiger partial charge in [-0.3, -0.25) is 14.9 Å². The van der Waals surface area contributed by atoms with Gasteiger partial charge >= 0.3 is 0 Å². The van der Waals surface area contributed by atoms with Crippen molar-refractivity contribution >= 4 is 23.2 Å². The maximum Gasteiger partial charge on any atom is 0.271 e. The fourth-order valence-corrected chi connectivity index (χ4v) is 1.39. The first-order valence-electron chi connectivity index (χ1n) is 4.66. The van der Waals surface area contributed by atoms with Crippen molar-refractivity contribution in [3.05, 3.63) is 38.9 Å². The third-order valence-corrected chi connectivity index (χ3v) is 1.99. The van der Waals surface area contributed by atoms with Gasteiger partial charge in [-0.25, -0.2) is 0 Å². The molecule has 0 aliphatic rings. The molecule has 0 aliphatic carbocycles. The van der Waals surface area contributed by atoms with E-state index in [0.717, 1.165) is 0 Å². The summed E-state index contributed by atoms with van der Waals surface area (Å²) in [5, 5.41) is 13.4. The molecule has 0 heterocycles. The molecule has 1 aromatic rings. The highest BCUT2D eigenvalue weighted by molar-refractivity contribution is 6.31. The zero-order valence-corrected chi connectivity index (χ0v) is 9.62. The second kappa shape index (κ2) is 4.94. The quantitative estimate of drug-likeness (QED) is 0.653. The van der Waals surface area contributed by atoms with Crippen molar-refractivity contribution in [2.45, 2.75) is 19.9 Å². The summed E-state index contributed by atoms with van der Waals surface area (Å²) in [5.74, 6) is -0.374. The van der Waals surface area contributed by atoms with Crippen molar-refractivity contribution < 1.29 is 9.72 Å². The molecular weight excluding hydrogens is 232 g/mol. The molecule has 0 spiro atoms. The van der Waals surface area contributed by atoms with Gasteiger partial charge in [0.2, 0.25) is 0 Å². The molecule has 86 valence electrons. The van der Waals surface area contributed by atoms with Crippen LogP contribution in [-0.2, 0) is 0 Å². The van der Waals surface area contributed by atoms with Gasteiger partial charge in [0.1, 0.15) is 0 Å². The molecule has 1 aromatic carbocycles. The summed E-state index contributed by atoms with van der Waals surface area (Å²) in [6.07, 6.45) is 0. The van der Waals surface area contributed by atoms with Crippen LogP contribution in [-0.4, -0.2) is 16.9 Å². The van der Waals surface area contributed by atoms with Crippen LogP contribution in [0.25, 0.3) is 0 Å². The predicted octanol–water partition coefficient (Wildman–Crippen LogP) is 2.39. The summed E-state index contributed by atoms with van der Waals surface area (Å²) in [6.45, 7) is 3.60. The average molecular weight is 243 g/mol. The number of carbonyl (C=O) groups excluding carboxylic acids is 1. The summed E-state index contributed by atoms with van der Waals surface area (Å²) in [5.41, 5.74) is -0.00527. The number of benzene rings is 1. The maximum atomic E-state index is 11.6. The smallest absolute Gasteiger partial charge is 0.271 e. The summed E-state index contributed by atoms with van der Waals surface area (Å²) in [4.78, 5) is 21.6. The van der Waals surface area contributed by atoms with Crippen LogP contribution in [0.1, 0.15) is 24.2 Å². The Kier molecular flexibility index (Phi) is 3.84. The molecule has 0 saturated carbocycles. The topological polar surface area (TPSA) is 72.2 Å². The minimum Gasteiger partial charge on any atom is -0.350 e. The van der Waals surface area contributed by atoms with Crippen molar-refractivity contribution in [2.75, 3.05) is 0 Å². The average Bonchev–Trinajstić information content (AvgIpc) is 2.15. The predicted molar refractivity (Wildman–Crippen MR) is 60.7 cm³/mol. The van der Waals surface area contributed by atoms with Crippen molar-refractivity contribution in [3.63, 3.8) is 0 Å². The fraction of sp³-hybridized carbons (Fsp3) is 0.300. The Morgan fingerprint density at radius 3 is 2.56 bits per heavy atom. The second-order valence-corrected chi connectivity index (χ2v) is 4.02. The molecule has 0 bridgehead atoms. The van der Waals surface area contributed by atoms with Crippen LogP contribution in [0.5, 0.6) is 0 Å². The van der Waals surface area contributed by atoms with E-state index < -0.39 is 4.92 Å². The van der Waals surface area contributed by atoms with E-state index in [1.165, 1.54) is 18.2 Å². The van der Waals surface area contributed by atoms with E-state index >= 15 is 0 Å². The molecule has 0 saturated heterocycles. The molecule has 0 aromatic heterocycles. The standard InChI is InChI=1S/C10H11ClN2O3/c1-6(2)12-10(14)7-3-8(11)5-9(4-7)13(15)16/h3-6H,1-2H3,(H,12,14). The Hall–Kier alpha value is -1.62. The minimum atomic E-state index is -0.585. The Morgan fingerprint density at radius 1 is 1.44 bits per heavy atom. The van der Waals surface area contributed by atoms with E-state index in [9.17, 15) is 14.9 Å². The van der Waals surface area contributed by atoms with Crippen molar-refractivity contribution in [1.29, 1.82) is 0 Å². The van der Waals surface area contributed by atoms with Crippen molar-refractivity contribution in [2.24, 2.45) is 0 Å². The van der Waals surface area contributed by atoms with Gasteiger partial charge in [0, 0.05) is 28.8 Å². The zero-order chi connectivity index (χ0) is 12.3.